The van der Waals surface area contributed by atoms with Gasteiger partial charge in [-0.1, -0.05) is 30.3 Å². The van der Waals surface area contributed by atoms with Gasteiger partial charge in [-0.2, -0.15) is 0 Å². The van der Waals surface area contributed by atoms with Crippen molar-refractivity contribution in [3.8, 4) is 0 Å². The number of ether oxygens (including phenoxy) is 2. The predicted octanol–water partition coefficient (Wildman–Crippen LogP) is -0.997. The lowest BCUT2D eigenvalue weighted by Gasteiger charge is -2.39. The van der Waals surface area contributed by atoms with Gasteiger partial charge < -0.3 is 29.9 Å². The van der Waals surface area contributed by atoms with Crippen molar-refractivity contribution in [3.63, 3.8) is 0 Å². The van der Waals surface area contributed by atoms with Crippen LogP contribution in [-0.4, -0.2) is 57.7 Å². The van der Waals surface area contributed by atoms with E-state index in [1.807, 2.05) is 30.3 Å². The van der Waals surface area contributed by atoms with Gasteiger partial charge in [0.05, 0.1) is 13.2 Å². The summed E-state index contributed by atoms with van der Waals surface area (Å²) in [6.45, 7) is -0.305. The molecule has 6 heteroatoms. The Kier molecular flexibility index (Phi) is 4.87. The molecule has 0 unspecified atom stereocenters. The monoisotopic (exact) mass is 270 g/mol. The van der Waals surface area contributed by atoms with Gasteiger partial charge in [-0.3, -0.25) is 0 Å². The predicted molar refractivity (Wildman–Crippen MR) is 65.0 cm³/mol. The maximum atomic E-state index is 9.86. The molecule has 1 aromatic carbocycles. The number of benzene rings is 1. The fraction of sp³-hybridized carbons (Fsp3) is 0.538. The number of hydrogen-bond acceptors (Lipinski definition) is 6. The summed E-state index contributed by atoms with van der Waals surface area (Å²) in [5.41, 5.74) is 0.876. The van der Waals surface area contributed by atoms with Crippen LogP contribution in [0.3, 0.4) is 0 Å². The maximum absolute atomic E-state index is 9.86. The molecule has 0 aliphatic carbocycles. The highest BCUT2D eigenvalue weighted by Crippen LogP contribution is 2.23. The molecule has 1 saturated heterocycles. The zero-order valence-electron chi connectivity index (χ0n) is 10.3. The molecule has 19 heavy (non-hydrogen) atoms. The molecule has 1 heterocycles. The van der Waals surface area contributed by atoms with Crippen molar-refractivity contribution < 1.29 is 29.9 Å². The molecule has 0 spiro atoms. The van der Waals surface area contributed by atoms with Crippen molar-refractivity contribution in [2.75, 3.05) is 6.61 Å². The number of hydrogen-bond donors (Lipinski definition) is 4. The van der Waals surface area contributed by atoms with Crippen LogP contribution in [0, 0.1) is 0 Å². The molecule has 0 amide bonds. The van der Waals surface area contributed by atoms with E-state index in [2.05, 4.69) is 0 Å². The third-order valence-corrected chi connectivity index (χ3v) is 3.13. The van der Waals surface area contributed by atoms with Crippen molar-refractivity contribution in [2.24, 2.45) is 0 Å². The fourth-order valence-corrected chi connectivity index (χ4v) is 2.02. The van der Waals surface area contributed by atoms with Crippen LogP contribution in [0.15, 0.2) is 30.3 Å². The summed E-state index contributed by atoms with van der Waals surface area (Å²) in [6.07, 6.45) is -6.07. The third-order valence-electron chi connectivity index (χ3n) is 3.13. The van der Waals surface area contributed by atoms with Gasteiger partial charge in [0.25, 0.3) is 0 Å². The van der Waals surface area contributed by atoms with E-state index in [1.54, 1.807) is 0 Å². The molecule has 4 N–H and O–H groups in total. The Balaban J connectivity index is 1.96. The van der Waals surface area contributed by atoms with Crippen LogP contribution in [0.1, 0.15) is 5.56 Å². The lowest BCUT2D eigenvalue weighted by molar-refractivity contribution is -0.298. The highest BCUT2D eigenvalue weighted by molar-refractivity contribution is 5.13. The van der Waals surface area contributed by atoms with E-state index < -0.39 is 37.3 Å². The van der Waals surface area contributed by atoms with Crippen LogP contribution >= 0.6 is 0 Å². The van der Waals surface area contributed by atoms with Crippen molar-refractivity contribution in [3.05, 3.63) is 35.9 Å². The van der Waals surface area contributed by atoms with Crippen molar-refractivity contribution >= 4 is 0 Å². The van der Waals surface area contributed by atoms with Crippen LogP contribution in [0.25, 0.3) is 0 Å². The summed E-state index contributed by atoms with van der Waals surface area (Å²) in [5, 5.41) is 38.2. The van der Waals surface area contributed by atoms with Crippen LogP contribution in [-0.2, 0) is 16.1 Å². The molecule has 106 valence electrons. The molecular weight excluding hydrogens is 252 g/mol. The quantitative estimate of drug-likeness (QED) is 0.560. The normalized spacial score (nSPS) is 35.3. The minimum atomic E-state index is -1.39. The average molecular weight is 270 g/mol. The van der Waals surface area contributed by atoms with Gasteiger partial charge in [-0.05, 0) is 5.56 Å². The lowest BCUT2D eigenvalue weighted by atomic mass is 9.99. The zero-order valence-corrected chi connectivity index (χ0v) is 10.3. The lowest BCUT2D eigenvalue weighted by Crippen LogP contribution is -2.59. The molecule has 1 fully saturated rings. The second kappa shape index (κ2) is 6.42. The second-order valence-corrected chi connectivity index (χ2v) is 4.49. The third kappa shape index (κ3) is 3.30. The first-order valence-corrected chi connectivity index (χ1v) is 6.09. The highest BCUT2D eigenvalue weighted by atomic mass is 16.7. The maximum Gasteiger partial charge on any atom is 0.184 e. The van der Waals surface area contributed by atoms with E-state index in [0.717, 1.165) is 5.56 Å². The fourth-order valence-electron chi connectivity index (χ4n) is 2.02. The molecule has 0 aromatic heterocycles. The van der Waals surface area contributed by atoms with Crippen LogP contribution in [0.5, 0.6) is 0 Å². The summed E-state index contributed by atoms with van der Waals surface area (Å²) in [6, 6.07) is 9.25. The topological polar surface area (TPSA) is 99.4 Å². The Morgan fingerprint density at radius 3 is 2.37 bits per heavy atom. The van der Waals surface area contributed by atoms with Crippen molar-refractivity contribution in [1.82, 2.24) is 0 Å². The van der Waals surface area contributed by atoms with E-state index in [1.165, 1.54) is 0 Å². The average Bonchev–Trinajstić information content (AvgIpc) is 2.44. The zero-order chi connectivity index (χ0) is 13.8. The van der Waals surface area contributed by atoms with Crippen LogP contribution in [0.4, 0.5) is 0 Å². The summed E-state index contributed by atoms with van der Waals surface area (Å²) < 4.78 is 10.4. The Morgan fingerprint density at radius 1 is 1.05 bits per heavy atom. The van der Waals surface area contributed by atoms with Gasteiger partial charge in [-0.25, -0.2) is 0 Å². The van der Waals surface area contributed by atoms with Gasteiger partial charge in [0.15, 0.2) is 6.29 Å². The van der Waals surface area contributed by atoms with Gasteiger partial charge in [0, 0.05) is 0 Å². The van der Waals surface area contributed by atoms with Crippen molar-refractivity contribution in [2.45, 2.75) is 37.3 Å². The standard InChI is InChI=1S/C13H18O6/c14-6-9-10(15)11(16)12(13(17)19-9)18-7-8-4-2-1-3-5-8/h1-5,9-17H,6-7H2/t9-,10-,11-,12+,13+/m1/s1. The van der Waals surface area contributed by atoms with Gasteiger partial charge >= 0.3 is 0 Å². The highest BCUT2D eigenvalue weighted by Gasteiger charge is 2.44. The molecule has 1 aliphatic rings. The Hall–Kier alpha value is -1.02. The Labute approximate surface area is 110 Å². The van der Waals surface area contributed by atoms with Gasteiger partial charge in [0.2, 0.25) is 0 Å². The van der Waals surface area contributed by atoms with E-state index >= 15 is 0 Å². The second-order valence-electron chi connectivity index (χ2n) is 4.49. The summed E-state index contributed by atoms with van der Waals surface area (Å²) >= 11 is 0. The van der Waals surface area contributed by atoms with Crippen molar-refractivity contribution in [1.29, 1.82) is 0 Å². The molecule has 6 nitrogen and oxygen atoms in total. The molecule has 5 atom stereocenters. The summed E-state index contributed by atoms with van der Waals surface area (Å²) in [5.74, 6) is 0. The van der Waals surface area contributed by atoms with E-state index in [0.29, 0.717) is 0 Å². The molecule has 0 bridgehead atoms. The number of aliphatic hydroxyl groups is 4. The van der Waals surface area contributed by atoms with Gasteiger partial charge in [-0.15, -0.1) is 0 Å². The molecule has 1 aromatic rings. The first-order valence-electron chi connectivity index (χ1n) is 6.09. The first-order chi connectivity index (χ1) is 9.13. The van der Waals surface area contributed by atoms with Crippen LogP contribution < -0.4 is 0 Å². The summed E-state index contributed by atoms with van der Waals surface area (Å²) in [4.78, 5) is 0. The van der Waals surface area contributed by atoms with E-state index in [4.69, 9.17) is 14.6 Å². The smallest absolute Gasteiger partial charge is 0.184 e. The van der Waals surface area contributed by atoms with E-state index in [-0.39, 0.29) is 6.61 Å². The van der Waals surface area contributed by atoms with E-state index in [9.17, 15) is 15.3 Å². The Morgan fingerprint density at radius 2 is 1.74 bits per heavy atom. The molecular formula is C13H18O6. The number of aliphatic hydroxyl groups excluding tert-OH is 4. The first kappa shape index (κ1) is 14.4. The van der Waals surface area contributed by atoms with Crippen LogP contribution in [0.2, 0.25) is 0 Å². The number of rotatable bonds is 4. The minimum absolute atomic E-state index is 0.180. The Bertz CT molecular complexity index is 384. The molecule has 1 aliphatic heterocycles. The largest absolute Gasteiger partial charge is 0.394 e. The minimum Gasteiger partial charge on any atom is -0.394 e. The molecule has 2 rings (SSSR count). The molecule has 0 radical (unpaired) electrons. The summed E-state index contributed by atoms with van der Waals surface area (Å²) in [7, 11) is 0. The molecule has 0 saturated carbocycles. The van der Waals surface area contributed by atoms with Gasteiger partial charge in [0.1, 0.15) is 24.4 Å². The SMILES string of the molecule is OC[C@H]1O[C@H](O)[C@@H](OCc2ccccc2)[C@H](O)[C@@H]1O.